The summed E-state index contributed by atoms with van der Waals surface area (Å²) >= 11 is 0. The summed E-state index contributed by atoms with van der Waals surface area (Å²) in [7, 11) is 0. The van der Waals surface area contributed by atoms with E-state index in [-0.39, 0.29) is 5.92 Å². The molecule has 0 spiro atoms. The summed E-state index contributed by atoms with van der Waals surface area (Å²) in [5, 5.41) is 8.78. The number of benzene rings is 1. The quantitative estimate of drug-likeness (QED) is 0.692. The van der Waals surface area contributed by atoms with E-state index in [1.165, 1.54) is 5.56 Å². The van der Waals surface area contributed by atoms with Crippen LogP contribution >= 0.6 is 0 Å². The zero-order valence-corrected chi connectivity index (χ0v) is 9.98. The molecule has 0 aliphatic heterocycles. The Kier molecular flexibility index (Phi) is 5.28. The predicted molar refractivity (Wildman–Crippen MR) is 67.7 cm³/mol. The number of aliphatic imine (C=N–C) groups is 1. The van der Waals surface area contributed by atoms with Gasteiger partial charge in [0.15, 0.2) is 0 Å². The molecule has 0 amide bonds. The smallest absolute Gasteiger partial charge is 0.0656 e. The average molecular weight is 214 g/mol. The molecule has 0 radical (unpaired) electrons. The van der Waals surface area contributed by atoms with Crippen LogP contribution in [-0.4, -0.2) is 12.8 Å². The van der Waals surface area contributed by atoms with E-state index in [1.54, 1.807) is 0 Å². The second-order valence-electron chi connectivity index (χ2n) is 3.91. The van der Waals surface area contributed by atoms with Crippen LogP contribution in [-0.2, 0) is 0 Å². The summed E-state index contributed by atoms with van der Waals surface area (Å²) in [5.74, 6) is 0.147. The van der Waals surface area contributed by atoms with Gasteiger partial charge in [-0.05, 0) is 30.9 Å². The molecule has 1 unspecified atom stereocenters. The van der Waals surface area contributed by atoms with Gasteiger partial charge in [-0.1, -0.05) is 31.2 Å². The third kappa shape index (κ3) is 3.86. The first-order valence-corrected chi connectivity index (χ1v) is 5.73. The third-order valence-corrected chi connectivity index (χ3v) is 2.70. The van der Waals surface area contributed by atoms with Gasteiger partial charge in [-0.2, -0.15) is 5.26 Å². The van der Waals surface area contributed by atoms with Gasteiger partial charge < -0.3 is 0 Å². The summed E-state index contributed by atoms with van der Waals surface area (Å²) in [6, 6.07) is 10.5. The van der Waals surface area contributed by atoms with Crippen LogP contribution in [0.3, 0.4) is 0 Å². The zero-order chi connectivity index (χ0) is 11.8. The van der Waals surface area contributed by atoms with Crippen molar-refractivity contribution in [1.29, 1.82) is 5.26 Å². The van der Waals surface area contributed by atoms with Gasteiger partial charge in [-0.3, -0.25) is 4.99 Å². The normalized spacial score (nSPS) is 12.6. The fourth-order valence-electron chi connectivity index (χ4n) is 1.48. The van der Waals surface area contributed by atoms with Crippen LogP contribution in [0.2, 0.25) is 0 Å². The molecule has 84 valence electrons. The van der Waals surface area contributed by atoms with Crippen molar-refractivity contribution in [2.75, 3.05) is 6.54 Å². The minimum Gasteiger partial charge on any atom is -0.293 e. The maximum Gasteiger partial charge on any atom is 0.0656 e. The molecular formula is C14H18N2. The minimum atomic E-state index is 0.147. The van der Waals surface area contributed by atoms with Gasteiger partial charge in [0, 0.05) is 18.7 Å². The van der Waals surface area contributed by atoms with Crippen molar-refractivity contribution in [3.8, 4) is 6.07 Å². The highest BCUT2D eigenvalue weighted by molar-refractivity contribution is 5.81. The Morgan fingerprint density at radius 2 is 2.19 bits per heavy atom. The summed E-state index contributed by atoms with van der Waals surface area (Å²) < 4.78 is 0. The van der Waals surface area contributed by atoms with Gasteiger partial charge in [0.2, 0.25) is 0 Å². The van der Waals surface area contributed by atoms with Gasteiger partial charge in [0.05, 0.1) is 6.07 Å². The molecule has 2 nitrogen and oxygen atoms in total. The minimum absolute atomic E-state index is 0.147. The molecule has 0 bridgehead atoms. The van der Waals surface area contributed by atoms with Crippen molar-refractivity contribution >= 4 is 6.21 Å². The molecule has 0 aliphatic carbocycles. The summed E-state index contributed by atoms with van der Waals surface area (Å²) in [4.78, 5) is 4.36. The number of nitriles is 1. The van der Waals surface area contributed by atoms with Gasteiger partial charge in [-0.25, -0.2) is 0 Å². The lowest BCUT2D eigenvalue weighted by atomic mass is 10.1. The topological polar surface area (TPSA) is 36.1 Å². The first-order valence-electron chi connectivity index (χ1n) is 5.73. The van der Waals surface area contributed by atoms with Crippen molar-refractivity contribution in [3.05, 3.63) is 35.4 Å². The number of hydrogen-bond acceptors (Lipinski definition) is 2. The van der Waals surface area contributed by atoms with Crippen LogP contribution in [0.5, 0.6) is 0 Å². The van der Waals surface area contributed by atoms with E-state index in [2.05, 4.69) is 30.1 Å². The Morgan fingerprint density at radius 3 is 2.81 bits per heavy atom. The Balaban J connectivity index is 2.44. The van der Waals surface area contributed by atoms with Crippen molar-refractivity contribution < 1.29 is 0 Å². The van der Waals surface area contributed by atoms with E-state index in [0.29, 0.717) is 0 Å². The molecule has 16 heavy (non-hydrogen) atoms. The van der Waals surface area contributed by atoms with E-state index in [9.17, 15) is 0 Å². The molecule has 2 heteroatoms. The summed E-state index contributed by atoms with van der Waals surface area (Å²) in [6.45, 7) is 4.85. The van der Waals surface area contributed by atoms with Crippen molar-refractivity contribution in [3.63, 3.8) is 0 Å². The van der Waals surface area contributed by atoms with Crippen LogP contribution in [0.1, 0.15) is 30.9 Å². The fraction of sp³-hybridized carbons (Fsp3) is 0.429. The Labute approximate surface area is 97.6 Å². The molecule has 0 saturated carbocycles. The van der Waals surface area contributed by atoms with Gasteiger partial charge in [0.25, 0.3) is 0 Å². The molecule has 0 heterocycles. The zero-order valence-electron chi connectivity index (χ0n) is 9.98. The lowest BCUT2D eigenvalue weighted by molar-refractivity contribution is 0.594. The molecule has 1 atom stereocenters. The molecule has 0 aromatic heterocycles. The van der Waals surface area contributed by atoms with E-state index < -0.39 is 0 Å². The lowest BCUT2D eigenvalue weighted by Gasteiger charge is -2.02. The number of aryl methyl sites for hydroxylation is 1. The monoisotopic (exact) mass is 214 g/mol. The standard InChI is InChI=1S/C14H18N2/c1-3-13(10-15)8-9-16-11-14-7-5-4-6-12(14)2/h4-7,11,13H,3,8-9H2,1-2H3/b16-11+. The van der Waals surface area contributed by atoms with Crippen LogP contribution in [0.15, 0.2) is 29.3 Å². The van der Waals surface area contributed by atoms with Gasteiger partial charge in [0.1, 0.15) is 0 Å². The molecule has 1 aromatic carbocycles. The maximum absolute atomic E-state index is 8.78. The van der Waals surface area contributed by atoms with Crippen LogP contribution in [0.4, 0.5) is 0 Å². The molecule has 1 aromatic rings. The van der Waals surface area contributed by atoms with Gasteiger partial charge >= 0.3 is 0 Å². The van der Waals surface area contributed by atoms with Crippen molar-refractivity contribution in [1.82, 2.24) is 0 Å². The van der Waals surface area contributed by atoms with Crippen LogP contribution in [0.25, 0.3) is 0 Å². The van der Waals surface area contributed by atoms with E-state index in [0.717, 1.165) is 24.9 Å². The highest BCUT2D eigenvalue weighted by Crippen LogP contribution is 2.07. The number of hydrogen-bond donors (Lipinski definition) is 0. The molecule has 1 rings (SSSR count). The van der Waals surface area contributed by atoms with E-state index in [1.807, 2.05) is 25.3 Å². The number of nitrogens with zero attached hydrogens (tertiary/aromatic N) is 2. The molecule has 0 saturated heterocycles. The summed E-state index contributed by atoms with van der Waals surface area (Å²) in [6.07, 6.45) is 3.67. The number of rotatable bonds is 5. The molecule has 0 fully saturated rings. The molecular weight excluding hydrogens is 196 g/mol. The van der Waals surface area contributed by atoms with Crippen molar-refractivity contribution in [2.45, 2.75) is 26.7 Å². The maximum atomic E-state index is 8.78. The second-order valence-corrected chi connectivity index (χ2v) is 3.91. The molecule has 0 aliphatic rings. The SMILES string of the molecule is CCC(C#N)CC/N=C/c1ccccc1C. The largest absolute Gasteiger partial charge is 0.293 e. The fourth-order valence-corrected chi connectivity index (χ4v) is 1.48. The Morgan fingerprint density at radius 1 is 1.44 bits per heavy atom. The average Bonchev–Trinajstić information content (AvgIpc) is 2.31. The Hall–Kier alpha value is -1.62. The lowest BCUT2D eigenvalue weighted by Crippen LogP contribution is -1.97. The van der Waals surface area contributed by atoms with Crippen LogP contribution in [0, 0.1) is 24.2 Å². The predicted octanol–water partition coefficient (Wildman–Crippen LogP) is 3.35. The molecule has 0 N–H and O–H groups in total. The summed E-state index contributed by atoms with van der Waals surface area (Å²) in [5.41, 5.74) is 2.39. The van der Waals surface area contributed by atoms with E-state index >= 15 is 0 Å². The van der Waals surface area contributed by atoms with Crippen molar-refractivity contribution in [2.24, 2.45) is 10.9 Å². The van der Waals surface area contributed by atoms with E-state index in [4.69, 9.17) is 5.26 Å². The van der Waals surface area contributed by atoms with Gasteiger partial charge in [-0.15, -0.1) is 0 Å². The third-order valence-electron chi connectivity index (χ3n) is 2.70. The first kappa shape index (κ1) is 12.4. The Bertz CT molecular complexity index is 388. The highest BCUT2D eigenvalue weighted by Gasteiger charge is 2.01. The highest BCUT2D eigenvalue weighted by atomic mass is 14.7. The second kappa shape index (κ2) is 6.79. The first-order chi connectivity index (χ1) is 7.77. The van der Waals surface area contributed by atoms with Crippen LogP contribution < -0.4 is 0 Å².